The van der Waals surface area contributed by atoms with E-state index < -0.39 is 0 Å². The first-order chi connectivity index (χ1) is 7.33. The van der Waals surface area contributed by atoms with Crippen molar-refractivity contribution in [3.8, 4) is 5.88 Å². The molecule has 0 spiro atoms. The lowest BCUT2D eigenvalue weighted by atomic mass is 10.1. The van der Waals surface area contributed by atoms with E-state index in [1.165, 1.54) is 10.9 Å². The average Bonchev–Trinajstić information content (AvgIpc) is 2.27. The van der Waals surface area contributed by atoms with E-state index in [1.807, 2.05) is 12.1 Å². The van der Waals surface area contributed by atoms with E-state index in [0.717, 1.165) is 24.3 Å². The van der Waals surface area contributed by atoms with Crippen molar-refractivity contribution in [2.45, 2.75) is 20.3 Å². The molecule has 1 aromatic carbocycles. The highest BCUT2D eigenvalue weighted by Crippen LogP contribution is 2.25. The Balaban J connectivity index is 2.51. The summed E-state index contributed by atoms with van der Waals surface area (Å²) in [7, 11) is 0. The standard InChI is InChI=1S/C13H15NO/c1-3-9-15-13-12-6-4-5-10(2)11(12)7-8-14-13/h4-8H,3,9H2,1-2H3. The molecule has 0 amide bonds. The van der Waals surface area contributed by atoms with Crippen LogP contribution < -0.4 is 4.74 Å². The van der Waals surface area contributed by atoms with Crippen LogP contribution in [0.4, 0.5) is 0 Å². The zero-order valence-electron chi connectivity index (χ0n) is 9.16. The average molecular weight is 201 g/mol. The third-order valence-corrected chi connectivity index (χ3v) is 2.43. The van der Waals surface area contributed by atoms with Crippen LogP contribution in [0.1, 0.15) is 18.9 Å². The fourth-order valence-electron chi connectivity index (χ4n) is 1.65. The van der Waals surface area contributed by atoms with Crippen molar-refractivity contribution in [2.75, 3.05) is 6.61 Å². The minimum absolute atomic E-state index is 0.722. The van der Waals surface area contributed by atoms with E-state index in [0.29, 0.717) is 0 Å². The number of rotatable bonds is 3. The third-order valence-electron chi connectivity index (χ3n) is 2.43. The molecule has 2 rings (SSSR count). The Labute approximate surface area is 89.9 Å². The van der Waals surface area contributed by atoms with Gasteiger partial charge in [-0.05, 0) is 36.4 Å². The van der Waals surface area contributed by atoms with E-state index in [4.69, 9.17) is 4.74 Å². The van der Waals surface area contributed by atoms with Gasteiger partial charge in [0.05, 0.1) is 6.61 Å². The number of fused-ring (bicyclic) bond motifs is 1. The number of aromatic nitrogens is 1. The summed E-state index contributed by atoms with van der Waals surface area (Å²) >= 11 is 0. The van der Waals surface area contributed by atoms with Crippen LogP contribution in [0.15, 0.2) is 30.5 Å². The summed E-state index contributed by atoms with van der Waals surface area (Å²) in [5.41, 5.74) is 1.26. The van der Waals surface area contributed by atoms with Gasteiger partial charge in [-0.2, -0.15) is 0 Å². The summed E-state index contributed by atoms with van der Waals surface area (Å²) in [5.74, 6) is 0.748. The van der Waals surface area contributed by atoms with Crippen LogP contribution >= 0.6 is 0 Å². The highest BCUT2D eigenvalue weighted by molar-refractivity contribution is 5.89. The lowest BCUT2D eigenvalue weighted by Gasteiger charge is -2.08. The number of benzene rings is 1. The van der Waals surface area contributed by atoms with Crippen molar-refractivity contribution in [1.82, 2.24) is 4.98 Å². The molecule has 0 aliphatic rings. The molecule has 0 bridgehead atoms. The molecule has 0 saturated carbocycles. The minimum Gasteiger partial charge on any atom is -0.477 e. The molecule has 0 radical (unpaired) electrons. The first-order valence-corrected chi connectivity index (χ1v) is 5.30. The van der Waals surface area contributed by atoms with Crippen LogP contribution in [-0.4, -0.2) is 11.6 Å². The van der Waals surface area contributed by atoms with E-state index in [2.05, 4.69) is 31.0 Å². The van der Waals surface area contributed by atoms with Crippen molar-refractivity contribution < 1.29 is 4.74 Å². The van der Waals surface area contributed by atoms with Gasteiger partial charge < -0.3 is 4.74 Å². The van der Waals surface area contributed by atoms with E-state index in [1.54, 1.807) is 6.20 Å². The van der Waals surface area contributed by atoms with Crippen molar-refractivity contribution in [1.29, 1.82) is 0 Å². The number of hydrogen-bond acceptors (Lipinski definition) is 2. The number of pyridine rings is 1. The summed E-state index contributed by atoms with van der Waals surface area (Å²) in [4.78, 5) is 4.26. The molecule has 0 atom stereocenters. The van der Waals surface area contributed by atoms with Crippen molar-refractivity contribution >= 4 is 10.8 Å². The summed E-state index contributed by atoms with van der Waals surface area (Å²) < 4.78 is 5.61. The quantitative estimate of drug-likeness (QED) is 0.759. The van der Waals surface area contributed by atoms with Crippen molar-refractivity contribution in [2.24, 2.45) is 0 Å². The fourth-order valence-corrected chi connectivity index (χ4v) is 1.65. The minimum atomic E-state index is 0.722. The maximum Gasteiger partial charge on any atom is 0.221 e. The second kappa shape index (κ2) is 4.30. The van der Waals surface area contributed by atoms with Crippen LogP contribution in [0.2, 0.25) is 0 Å². The molecule has 1 aromatic heterocycles. The predicted octanol–water partition coefficient (Wildman–Crippen LogP) is 3.33. The summed E-state index contributed by atoms with van der Waals surface area (Å²) in [5, 5.41) is 2.32. The molecular weight excluding hydrogens is 186 g/mol. The molecule has 0 saturated heterocycles. The van der Waals surface area contributed by atoms with Crippen molar-refractivity contribution in [3.05, 3.63) is 36.0 Å². The molecule has 15 heavy (non-hydrogen) atoms. The molecule has 0 fully saturated rings. The van der Waals surface area contributed by atoms with Gasteiger partial charge in [0.25, 0.3) is 0 Å². The van der Waals surface area contributed by atoms with Gasteiger partial charge in [-0.1, -0.05) is 19.1 Å². The first-order valence-electron chi connectivity index (χ1n) is 5.30. The van der Waals surface area contributed by atoms with Gasteiger partial charge in [-0.15, -0.1) is 0 Å². The monoisotopic (exact) mass is 201 g/mol. The Morgan fingerprint density at radius 1 is 1.20 bits per heavy atom. The van der Waals surface area contributed by atoms with Crippen molar-refractivity contribution in [3.63, 3.8) is 0 Å². The molecule has 2 heteroatoms. The molecule has 78 valence electrons. The van der Waals surface area contributed by atoms with Crippen LogP contribution in [0.3, 0.4) is 0 Å². The first kappa shape index (κ1) is 9.97. The summed E-state index contributed by atoms with van der Waals surface area (Å²) in [6.07, 6.45) is 2.81. The van der Waals surface area contributed by atoms with Gasteiger partial charge in [-0.3, -0.25) is 0 Å². The maximum atomic E-state index is 5.61. The van der Waals surface area contributed by atoms with E-state index in [9.17, 15) is 0 Å². The lowest BCUT2D eigenvalue weighted by molar-refractivity contribution is 0.309. The lowest BCUT2D eigenvalue weighted by Crippen LogP contribution is -1.98. The topological polar surface area (TPSA) is 22.1 Å². The zero-order valence-corrected chi connectivity index (χ0v) is 9.16. The summed E-state index contributed by atoms with van der Waals surface area (Å²) in [6, 6.07) is 8.23. The summed E-state index contributed by atoms with van der Waals surface area (Å²) in [6.45, 7) is 4.92. The van der Waals surface area contributed by atoms with E-state index >= 15 is 0 Å². The predicted molar refractivity (Wildman–Crippen MR) is 62.3 cm³/mol. The van der Waals surface area contributed by atoms with Crippen LogP contribution in [0.5, 0.6) is 5.88 Å². The largest absolute Gasteiger partial charge is 0.477 e. The molecule has 0 aliphatic carbocycles. The SMILES string of the molecule is CCCOc1nccc2c(C)cccc12. The number of ether oxygens (including phenoxy) is 1. The van der Waals surface area contributed by atoms with Gasteiger partial charge in [0.1, 0.15) is 0 Å². The normalized spacial score (nSPS) is 10.5. The molecule has 1 heterocycles. The van der Waals surface area contributed by atoms with Crippen LogP contribution in [-0.2, 0) is 0 Å². The highest BCUT2D eigenvalue weighted by atomic mass is 16.5. The third kappa shape index (κ3) is 1.94. The van der Waals surface area contributed by atoms with E-state index in [-0.39, 0.29) is 0 Å². The number of nitrogens with zero attached hydrogens (tertiary/aromatic N) is 1. The Morgan fingerprint density at radius 3 is 2.87 bits per heavy atom. The van der Waals surface area contributed by atoms with Crippen LogP contribution in [0, 0.1) is 6.92 Å². The molecule has 2 nitrogen and oxygen atoms in total. The zero-order chi connectivity index (χ0) is 10.7. The smallest absolute Gasteiger partial charge is 0.221 e. The van der Waals surface area contributed by atoms with Crippen LogP contribution in [0.25, 0.3) is 10.8 Å². The Kier molecular flexibility index (Phi) is 2.86. The fraction of sp³-hybridized carbons (Fsp3) is 0.308. The van der Waals surface area contributed by atoms with Gasteiger partial charge >= 0.3 is 0 Å². The molecule has 0 aliphatic heterocycles. The number of aryl methyl sites for hydroxylation is 1. The highest BCUT2D eigenvalue weighted by Gasteiger charge is 2.03. The molecule has 0 N–H and O–H groups in total. The van der Waals surface area contributed by atoms with Gasteiger partial charge in [0, 0.05) is 11.6 Å². The second-order valence-corrected chi connectivity index (χ2v) is 3.63. The molecular formula is C13H15NO. The van der Waals surface area contributed by atoms with Gasteiger partial charge in [-0.25, -0.2) is 4.98 Å². The Bertz CT molecular complexity index is 465. The number of hydrogen-bond donors (Lipinski definition) is 0. The van der Waals surface area contributed by atoms with Gasteiger partial charge in [0.2, 0.25) is 5.88 Å². The molecule has 2 aromatic rings. The maximum absolute atomic E-state index is 5.61. The Morgan fingerprint density at radius 2 is 2.07 bits per heavy atom. The second-order valence-electron chi connectivity index (χ2n) is 3.63. The van der Waals surface area contributed by atoms with Gasteiger partial charge in [0.15, 0.2) is 0 Å². The Hall–Kier alpha value is -1.57. The molecule has 0 unspecified atom stereocenters.